The third-order valence-electron chi connectivity index (χ3n) is 4.04. The number of carbonyl (C=O) groups excluding carboxylic acids is 1. The molecule has 5 heteroatoms. The first-order valence-electron chi connectivity index (χ1n) is 7.90. The topological polar surface area (TPSA) is 49.0 Å². The molecule has 2 aromatic carbocycles. The van der Waals surface area contributed by atoms with Crippen molar-refractivity contribution >= 4 is 28.7 Å². The van der Waals surface area contributed by atoms with Gasteiger partial charge in [0.05, 0.1) is 16.8 Å². The fourth-order valence-electron chi connectivity index (χ4n) is 2.54. The molecule has 0 aliphatic rings. The van der Waals surface area contributed by atoms with Crippen LogP contribution in [0.15, 0.2) is 47.6 Å². The lowest BCUT2D eigenvalue weighted by Crippen LogP contribution is -2.28. The number of carbonyl (C=O) groups is 1. The number of aryl methyl sites for hydroxylation is 2. The number of hydrogen-bond donors (Lipinski definition) is 1. The van der Waals surface area contributed by atoms with Gasteiger partial charge in [-0.1, -0.05) is 42.1 Å². The second-order valence-electron chi connectivity index (χ2n) is 6.03. The second-order valence-corrected chi connectivity index (χ2v) is 6.99. The largest absolute Gasteiger partial charge is 0.341 e. The highest BCUT2D eigenvalue weighted by Crippen LogP contribution is 2.21. The van der Waals surface area contributed by atoms with Gasteiger partial charge in [-0.3, -0.25) is 4.79 Å². The predicted molar refractivity (Wildman–Crippen MR) is 99.2 cm³/mol. The molecule has 3 aromatic rings. The van der Waals surface area contributed by atoms with E-state index in [1.54, 1.807) is 4.90 Å². The lowest BCUT2D eigenvalue weighted by Gasteiger charge is -2.18. The molecule has 124 valence electrons. The minimum atomic E-state index is 0.0971. The van der Waals surface area contributed by atoms with Crippen molar-refractivity contribution in [2.75, 3.05) is 12.8 Å². The van der Waals surface area contributed by atoms with Crippen LogP contribution in [-0.2, 0) is 11.3 Å². The van der Waals surface area contributed by atoms with Gasteiger partial charge in [-0.05, 0) is 42.7 Å². The average Bonchev–Trinajstić information content (AvgIpc) is 2.96. The fraction of sp³-hybridized carbons (Fsp3) is 0.263. The lowest BCUT2D eigenvalue weighted by molar-refractivity contribution is -0.127. The third-order valence-corrected chi connectivity index (χ3v) is 4.90. The van der Waals surface area contributed by atoms with Crippen molar-refractivity contribution in [1.29, 1.82) is 0 Å². The fourth-order valence-corrected chi connectivity index (χ4v) is 3.37. The predicted octanol–water partition coefficient (Wildman–Crippen LogP) is 3.93. The van der Waals surface area contributed by atoms with E-state index in [-0.39, 0.29) is 5.91 Å². The zero-order valence-electron chi connectivity index (χ0n) is 14.2. The normalized spacial score (nSPS) is 11.0. The Morgan fingerprint density at radius 2 is 2.00 bits per heavy atom. The van der Waals surface area contributed by atoms with Crippen LogP contribution in [0.25, 0.3) is 11.0 Å². The molecule has 0 unspecified atom stereocenters. The first kappa shape index (κ1) is 16.6. The van der Waals surface area contributed by atoms with Gasteiger partial charge in [0.25, 0.3) is 0 Å². The minimum Gasteiger partial charge on any atom is -0.341 e. The van der Waals surface area contributed by atoms with Gasteiger partial charge in [-0.15, -0.1) is 0 Å². The number of thioether (sulfide) groups is 1. The van der Waals surface area contributed by atoms with Crippen molar-refractivity contribution in [2.24, 2.45) is 0 Å². The summed E-state index contributed by atoms with van der Waals surface area (Å²) in [5.41, 5.74) is 5.52. The maximum Gasteiger partial charge on any atom is 0.233 e. The summed E-state index contributed by atoms with van der Waals surface area (Å²) in [5.74, 6) is 0.473. The van der Waals surface area contributed by atoms with Crippen LogP contribution in [-0.4, -0.2) is 33.6 Å². The van der Waals surface area contributed by atoms with Crippen molar-refractivity contribution in [3.63, 3.8) is 0 Å². The number of aromatic nitrogens is 2. The Morgan fingerprint density at radius 1 is 1.21 bits per heavy atom. The first-order chi connectivity index (χ1) is 11.5. The number of fused-ring (bicyclic) bond motifs is 1. The van der Waals surface area contributed by atoms with Gasteiger partial charge in [0, 0.05) is 13.6 Å². The maximum atomic E-state index is 12.4. The number of rotatable bonds is 5. The molecule has 0 spiro atoms. The highest BCUT2D eigenvalue weighted by atomic mass is 32.2. The van der Waals surface area contributed by atoms with Gasteiger partial charge in [0.15, 0.2) is 5.16 Å². The standard InChI is InChI=1S/C19H21N3OS/c1-13-8-9-16-17(10-13)21-19(20-16)24-12-18(23)22(3)11-15-7-5-4-6-14(15)2/h4-10H,11-12H2,1-3H3,(H,20,21). The quantitative estimate of drug-likeness (QED) is 0.717. The number of benzene rings is 2. The Balaban J connectivity index is 1.60. The number of imidazole rings is 1. The van der Waals surface area contributed by atoms with E-state index >= 15 is 0 Å². The Labute approximate surface area is 146 Å². The molecule has 1 amide bonds. The Hall–Kier alpha value is -2.27. The molecule has 3 rings (SSSR count). The van der Waals surface area contributed by atoms with E-state index in [4.69, 9.17) is 0 Å². The van der Waals surface area contributed by atoms with Crippen LogP contribution in [0, 0.1) is 13.8 Å². The zero-order valence-corrected chi connectivity index (χ0v) is 15.0. The molecule has 1 aromatic heterocycles. The van der Waals surface area contributed by atoms with Crippen molar-refractivity contribution in [2.45, 2.75) is 25.5 Å². The Kier molecular flexibility index (Phi) is 4.90. The van der Waals surface area contributed by atoms with E-state index < -0.39 is 0 Å². The Bertz CT molecular complexity index is 872. The molecule has 0 atom stereocenters. The highest BCUT2D eigenvalue weighted by molar-refractivity contribution is 7.99. The molecule has 0 aliphatic carbocycles. The summed E-state index contributed by atoms with van der Waals surface area (Å²) in [5, 5.41) is 0.785. The van der Waals surface area contributed by atoms with Crippen molar-refractivity contribution in [3.8, 4) is 0 Å². The number of H-pyrrole nitrogens is 1. The average molecular weight is 339 g/mol. The van der Waals surface area contributed by atoms with Crippen molar-refractivity contribution in [1.82, 2.24) is 14.9 Å². The number of aromatic amines is 1. The van der Waals surface area contributed by atoms with Gasteiger partial charge in [0.1, 0.15) is 0 Å². The van der Waals surface area contributed by atoms with E-state index in [0.717, 1.165) is 16.2 Å². The molecule has 0 radical (unpaired) electrons. The van der Waals surface area contributed by atoms with Crippen LogP contribution in [0.4, 0.5) is 0 Å². The highest BCUT2D eigenvalue weighted by Gasteiger charge is 2.12. The number of nitrogens with one attached hydrogen (secondary N) is 1. The van der Waals surface area contributed by atoms with Gasteiger partial charge in [-0.2, -0.15) is 0 Å². The summed E-state index contributed by atoms with van der Waals surface area (Å²) >= 11 is 1.45. The zero-order chi connectivity index (χ0) is 17.1. The first-order valence-corrected chi connectivity index (χ1v) is 8.89. The minimum absolute atomic E-state index is 0.0971. The van der Waals surface area contributed by atoms with Gasteiger partial charge < -0.3 is 9.88 Å². The van der Waals surface area contributed by atoms with Crippen molar-refractivity contribution < 1.29 is 4.79 Å². The van der Waals surface area contributed by atoms with E-state index in [1.807, 2.05) is 31.3 Å². The molecule has 1 N–H and O–H groups in total. The van der Waals surface area contributed by atoms with Gasteiger partial charge in [0.2, 0.25) is 5.91 Å². The number of hydrogen-bond acceptors (Lipinski definition) is 3. The molecule has 0 fully saturated rings. The van der Waals surface area contributed by atoms with Crippen LogP contribution in [0.3, 0.4) is 0 Å². The summed E-state index contributed by atoms with van der Waals surface area (Å²) in [6.45, 7) is 4.75. The molecule has 24 heavy (non-hydrogen) atoms. The maximum absolute atomic E-state index is 12.4. The van der Waals surface area contributed by atoms with Crippen LogP contribution >= 0.6 is 11.8 Å². The summed E-state index contributed by atoms with van der Waals surface area (Å²) < 4.78 is 0. The summed E-state index contributed by atoms with van der Waals surface area (Å²) in [7, 11) is 1.84. The monoisotopic (exact) mass is 339 g/mol. The van der Waals surface area contributed by atoms with Crippen LogP contribution in [0.1, 0.15) is 16.7 Å². The molecule has 0 saturated heterocycles. The smallest absolute Gasteiger partial charge is 0.233 e. The van der Waals surface area contributed by atoms with Gasteiger partial charge >= 0.3 is 0 Å². The molecule has 1 heterocycles. The van der Waals surface area contributed by atoms with Crippen LogP contribution in [0.5, 0.6) is 0 Å². The SMILES string of the molecule is Cc1ccc2nc(SCC(=O)N(C)Cc3ccccc3C)[nH]c2c1. The van der Waals surface area contributed by atoms with Crippen molar-refractivity contribution in [3.05, 3.63) is 59.2 Å². The van der Waals surface area contributed by atoms with E-state index in [1.165, 1.54) is 28.5 Å². The Morgan fingerprint density at radius 3 is 2.79 bits per heavy atom. The summed E-state index contributed by atoms with van der Waals surface area (Å²) in [6.07, 6.45) is 0. The lowest BCUT2D eigenvalue weighted by atomic mass is 10.1. The molecule has 4 nitrogen and oxygen atoms in total. The molecular formula is C19H21N3OS. The molecule has 0 bridgehead atoms. The number of amides is 1. The molecular weight excluding hydrogens is 318 g/mol. The summed E-state index contributed by atoms with van der Waals surface area (Å²) in [4.78, 5) is 21.9. The van der Waals surface area contributed by atoms with Gasteiger partial charge in [-0.25, -0.2) is 4.98 Å². The summed E-state index contributed by atoms with van der Waals surface area (Å²) in [6, 6.07) is 14.3. The molecule has 0 aliphatic heterocycles. The van der Waals surface area contributed by atoms with Crippen LogP contribution in [0.2, 0.25) is 0 Å². The molecule has 0 saturated carbocycles. The number of nitrogens with zero attached hydrogens (tertiary/aromatic N) is 2. The second kappa shape index (κ2) is 7.09. The van der Waals surface area contributed by atoms with E-state index in [0.29, 0.717) is 12.3 Å². The van der Waals surface area contributed by atoms with Crippen LogP contribution < -0.4 is 0 Å². The third kappa shape index (κ3) is 3.79. The van der Waals surface area contributed by atoms with E-state index in [9.17, 15) is 4.79 Å². The van der Waals surface area contributed by atoms with E-state index in [2.05, 4.69) is 42.0 Å².